The van der Waals surface area contributed by atoms with Crippen LogP contribution >= 0.6 is 0 Å². The minimum atomic E-state index is -3.85. The van der Waals surface area contributed by atoms with E-state index in [1.807, 2.05) is 0 Å². The lowest BCUT2D eigenvalue weighted by molar-refractivity contribution is 0.0668. The zero-order valence-electron chi connectivity index (χ0n) is 14.8. The van der Waals surface area contributed by atoms with Gasteiger partial charge in [-0.15, -0.1) is 0 Å². The fourth-order valence-corrected chi connectivity index (χ4v) is 5.06. The topological polar surface area (TPSA) is 131 Å². The summed E-state index contributed by atoms with van der Waals surface area (Å²) in [4.78, 5) is 14.1. The van der Waals surface area contributed by atoms with Crippen molar-refractivity contribution in [2.45, 2.75) is 18.2 Å². The lowest BCUT2D eigenvalue weighted by Crippen LogP contribution is -2.50. The van der Waals surface area contributed by atoms with Gasteiger partial charge in [0.15, 0.2) is 5.76 Å². The second kappa shape index (κ2) is 7.23. The Morgan fingerprint density at radius 3 is 2.37 bits per heavy atom. The molecule has 2 heterocycles. The smallest absolute Gasteiger partial charge is 0.289 e. The molecule has 0 saturated carbocycles. The van der Waals surface area contributed by atoms with Crippen LogP contribution < -0.4 is 5.14 Å². The second-order valence-corrected chi connectivity index (χ2v) is 10.0. The third-order valence-corrected chi connectivity index (χ3v) is 7.40. The van der Waals surface area contributed by atoms with Crippen LogP contribution in [0, 0.1) is 0 Å². The fourth-order valence-electron chi connectivity index (χ4n) is 3.02. The molecule has 0 unspecified atom stereocenters. The molecule has 0 bridgehead atoms. The van der Waals surface area contributed by atoms with Gasteiger partial charge in [0, 0.05) is 31.6 Å². The first-order chi connectivity index (χ1) is 12.6. The number of piperazine rings is 1. The van der Waals surface area contributed by atoms with Crippen molar-refractivity contribution in [3.8, 4) is 0 Å². The van der Waals surface area contributed by atoms with Crippen LogP contribution in [0.4, 0.5) is 0 Å². The monoisotopic (exact) mass is 415 g/mol. The van der Waals surface area contributed by atoms with Gasteiger partial charge in [0.2, 0.25) is 20.0 Å². The lowest BCUT2D eigenvalue weighted by atomic mass is 10.2. The average molecular weight is 415 g/mol. The van der Waals surface area contributed by atoms with E-state index in [-0.39, 0.29) is 48.5 Å². The molecule has 1 aliphatic heterocycles. The molecule has 148 valence electrons. The normalized spacial score (nSPS) is 16.7. The maximum atomic E-state index is 12.7. The number of hydrogen-bond donors (Lipinski definition) is 1. The summed E-state index contributed by atoms with van der Waals surface area (Å²) in [5.74, 6) is -0.200. The number of sulfonamides is 2. The van der Waals surface area contributed by atoms with Crippen LogP contribution in [0.25, 0.3) is 11.0 Å². The van der Waals surface area contributed by atoms with Crippen LogP contribution in [-0.4, -0.2) is 63.9 Å². The summed E-state index contributed by atoms with van der Waals surface area (Å²) in [5.41, 5.74) is 0.370. The Balaban J connectivity index is 1.75. The van der Waals surface area contributed by atoms with Gasteiger partial charge in [0.05, 0.1) is 10.6 Å². The molecule has 27 heavy (non-hydrogen) atoms. The first kappa shape index (κ1) is 19.8. The molecule has 1 aromatic heterocycles. The summed E-state index contributed by atoms with van der Waals surface area (Å²) < 4.78 is 54.0. The number of carbonyl (C=O) groups is 1. The number of carbonyl (C=O) groups excluding carboxylic acids is 1. The van der Waals surface area contributed by atoms with Gasteiger partial charge in [0.1, 0.15) is 5.58 Å². The highest BCUT2D eigenvalue weighted by atomic mass is 32.2. The molecule has 11 heteroatoms. The molecule has 0 atom stereocenters. The van der Waals surface area contributed by atoms with Gasteiger partial charge in [-0.05, 0) is 30.7 Å². The minimum Gasteiger partial charge on any atom is -0.451 e. The molecule has 1 amide bonds. The summed E-state index contributed by atoms with van der Waals surface area (Å²) in [6.45, 7) is 2.82. The van der Waals surface area contributed by atoms with Gasteiger partial charge in [-0.3, -0.25) is 4.79 Å². The van der Waals surface area contributed by atoms with Crippen molar-refractivity contribution in [1.82, 2.24) is 9.21 Å². The molecule has 1 fully saturated rings. The number of amides is 1. The van der Waals surface area contributed by atoms with E-state index >= 15 is 0 Å². The Hall–Kier alpha value is -1.95. The Kier molecular flexibility index (Phi) is 5.30. The minimum absolute atomic E-state index is 0.0652. The number of furan rings is 1. The van der Waals surface area contributed by atoms with Crippen molar-refractivity contribution in [1.29, 1.82) is 0 Å². The number of nitrogens with zero attached hydrogens (tertiary/aromatic N) is 2. The third kappa shape index (κ3) is 4.15. The van der Waals surface area contributed by atoms with E-state index in [1.165, 1.54) is 33.5 Å². The maximum absolute atomic E-state index is 12.7. The molecule has 9 nitrogen and oxygen atoms in total. The van der Waals surface area contributed by atoms with Crippen molar-refractivity contribution < 1.29 is 26.0 Å². The summed E-state index contributed by atoms with van der Waals surface area (Å²) in [5, 5.41) is 5.57. The standard InChI is InChI=1S/C16H21N3O6S2/c1-2-9-26(21,22)19-7-5-18(6-8-19)16(20)15-11-12-10-13(27(17,23)24)3-4-14(12)25-15/h3-4,10-11H,2,5-9H2,1H3,(H2,17,23,24). The van der Waals surface area contributed by atoms with Crippen molar-refractivity contribution in [2.75, 3.05) is 31.9 Å². The highest BCUT2D eigenvalue weighted by molar-refractivity contribution is 7.89. The number of fused-ring (bicyclic) bond motifs is 1. The molecule has 1 aliphatic rings. The third-order valence-electron chi connectivity index (χ3n) is 4.41. The maximum Gasteiger partial charge on any atom is 0.289 e. The molecule has 1 saturated heterocycles. The summed E-state index contributed by atoms with van der Waals surface area (Å²) in [6.07, 6.45) is 0.543. The van der Waals surface area contributed by atoms with Crippen LogP contribution in [-0.2, 0) is 20.0 Å². The van der Waals surface area contributed by atoms with Crippen molar-refractivity contribution >= 4 is 36.9 Å². The largest absolute Gasteiger partial charge is 0.451 e. The molecular formula is C16H21N3O6S2. The van der Waals surface area contributed by atoms with E-state index in [0.717, 1.165) is 0 Å². The zero-order chi connectivity index (χ0) is 19.8. The van der Waals surface area contributed by atoms with Crippen LogP contribution in [0.3, 0.4) is 0 Å². The van der Waals surface area contributed by atoms with Crippen molar-refractivity contribution in [3.63, 3.8) is 0 Å². The highest BCUT2D eigenvalue weighted by Gasteiger charge is 2.29. The van der Waals surface area contributed by atoms with Crippen LogP contribution in [0.15, 0.2) is 33.6 Å². The predicted octanol–water partition coefficient (Wildman–Crippen LogP) is 0.578. The van der Waals surface area contributed by atoms with Crippen molar-refractivity contribution in [3.05, 3.63) is 30.0 Å². The first-order valence-electron chi connectivity index (χ1n) is 8.45. The molecule has 2 aromatic rings. The SMILES string of the molecule is CCCS(=O)(=O)N1CCN(C(=O)c2cc3cc(S(N)(=O)=O)ccc3o2)CC1. The average Bonchev–Trinajstić information content (AvgIpc) is 3.03. The molecule has 0 radical (unpaired) electrons. The van der Waals surface area contributed by atoms with E-state index < -0.39 is 20.0 Å². The fraction of sp³-hybridized carbons (Fsp3) is 0.438. The van der Waals surface area contributed by atoms with Gasteiger partial charge in [-0.25, -0.2) is 22.0 Å². The van der Waals surface area contributed by atoms with Gasteiger partial charge in [-0.1, -0.05) is 6.92 Å². The Labute approximate surface area is 157 Å². The Morgan fingerprint density at radius 1 is 1.11 bits per heavy atom. The molecular weight excluding hydrogens is 394 g/mol. The number of primary sulfonamides is 1. The van der Waals surface area contributed by atoms with E-state index in [1.54, 1.807) is 6.92 Å². The summed E-state index contributed by atoms with van der Waals surface area (Å²) in [6, 6.07) is 5.57. The predicted molar refractivity (Wildman–Crippen MR) is 99.1 cm³/mol. The van der Waals surface area contributed by atoms with E-state index in [0.29, 0.717) is 17.4 Å². The van der Waals surface area contributed by atoms with E-state index in [9.17, 15) is 21.6 Å². The summed E-state index contributed by atoms with van der Waals surface area (Å²) >= 11 is 0. The molecule has 2 N–H and O–H groups in total. The molecule has 0 aliphatic carbocycles. The van der Waals surface area contributed by atoms with Gasteiger partial charge in [0.25, 0.3) is 5.91 Å². The van der Waals surface area contributed by atoms with Gasteiger partial charge < -0.3 is 9.32 Å². The van der Waals surface area contributed by atoms with Crippen LogP contribution in [0.5, 0.6) is 0 Å². The van der Waals surface area contributed by atoms with Crippen LogP contribution in [0.2, 0.25) is 0 Å². The number of benzene rings is 1. The van der Waals surface area contributed by atoms with E-state index in [2.05, 4.69) is 0 Å². The first-order valence-corrected chi connectivity index (χ1v) is 11.6. The van der Waals surface area contributed by atoms with Crippen molar-refractivity contribution in [2.24, 2.45) is 5.14 Å². The summed E-state index contributed by atoms with van der Waals surface area (Å²) in [7, 11) is -7.13. The lowest BCUT2D eigenvalue weighted by Gasteiger charge is -2.33. The molecule has 3 rings (SSSR count). The number of rotatable bonds is 5. The molecule has 0 spiro atoms. The van der Waals surface area contributed by atoms with Gasteiger partial charge in [-0.2, -0.15) is 4.31 Å². The van der Waals surface area contributed by atoms with Crippen LogP contribution in [0.1, 0.15) is 23.9 Å². The zero-order valence-corrected chi connectivity index (χ0v) is 16.4. The highest BCUT2D eigenvalue weighted by Crippen LogP contribution is 2.24. The number of nitrogens with two attached hydrogens (primary N) is 1. The Bertz CT molecular complexity index is 1070. The Morgan fingerprint density at radius 2 is 1.78 bits per heavy atom. The number of hydrogen-bond acceptors (Lipinski definition) is 6. The molecule has 1 aromatic carbocycles. The van der Waals surface area contributed by atoms with Gasteiger partial charge >= 0.3 is 0 Å². The second-order valence-electron chi connectivity index (χ2n) is 6.36. The quantitative estimate of drug-likeness (QED) is 0.760. The van der Waals surface area contributed by atoms with E-state index in [4.69, 9.17) is 9.56 Å².